The van der Waals surface area contributed by atoms with E-state index in [9.17, 15) is 0 Å². The zero-order valence-corrected chi connectivity index (χ0v) is 11.5. The molecule has 1 heterocycles. The summed E-state index contributed by atoms with van der Waals surface area (Å²) in [7, 11) is 0. The van der Waals surface area contributed by atoms with Crippen molar-refractivity contribution in [2.24, 2.45) is 0 Å². The Bertz CT molecular complexity index is 532. The lowest BCUT2D eigenvalue weighted by Gasteiger charge is -2.36. The summed E-state index contributed by atoms with van der Waals surface area (Å²) in [6.45, 7) is 3.53. The van der Waals surface area contributed by atoms with E-state index in [1.54, 1.807) is 0 Å². The van der Waals surface area contributed by atoms with Crippen LogP contribution in [0.4, 0.5) is 5.69 Å². The Morgan fingerprint density at radius 1 is 1.00 bits per heavy atom. The summed E-state index contributed by atoms with van der Waals surface area (Å²) < 4.78 is 0. The topological polar surface area (TPSA) is 3.24 Å². The number of para-hydroxylation sites is 1. The molecular weight excluding hydrogens is 230 g/mol. The van der Waals surface area contributed by atoms with Crippen molar-refractivity contribution in [1.29, 1.82) is 0 Å². The van der Waals surface area contributed by atoms with E-state index in [4.69, 9.17) is 0 Å². The minimum Gasteiger partial charge on any atom is -0.368 e. The molecule has 1 aliphatic heterocycles. The molecule has 0 aliphatic carbocycles. The SMILES string of the molecule is CC(Cc1ccccc1)N1CCCc2ccccc21. The van der Waals surface area contributed by atoms with E-state index in [0.717, 1.165) is 6.42 Å². The third-order valence-electron chi connectivity index (χ3n) is 4.05. The van der Waals surface area contributed by atoms with Gasteiger partial charge in [-0.15, -0.1) is 0 Å². The summed E-state index contributed by atoms with van der Waals surface area (Å²) in [5, 5.41) is 0. The van der Waals surface area contributed by atoms with Crippen LogP contribution in [0.2, 0.25) is 0 Å². The van der Waals surface area contributed by atoms with Crippen LogP contribution in [0.5, 0.6) is 0 Å². The summed E-state index contributed by atoms with van der Waals surface area (Å²) in [6, 6.07) is 20.2. The standard InChI is InChI=1S/C18H21N/c1-15(14-16-8-3-2-4-9-16)19-13-7-11-17-10-5-6-12-18(17)19/h2-6,8-10,12,15H,7,11,13-14H2,1H3. The number of nitrogens with zero attached hydrogens (tertiary/aromatic N) is 1. The number of benzene rings is 2. The smallest absolute Gasteiger partial charge is 0.0401 e. The highest BCUT2D eigenvalue weighted by Crippen LogP contribution is 2.29. The molecule has 0 N–H and O–H groups in total. The summed E-state index contributed by atoms with van der Waals surface area (Å²) >= 11 is 0. The molecule has 1 aliphatic rings. The molecule has 1 nitrogen and oxygen atoms in total. The van der Waals surface area contributed by atoms with Gasteiger partial charge >= 0.3 is 0 Å². The Morgan fingerprint density at radius 3 is 2.58 bits per heavy atom. The molecule has 98 valence electrons. The van der Waals surface area contributed by atoms with Crippen molar-refractivity contribution >= 4 is 5.69 Å². The largest absolute Gasteiger partial charge is 0.368 e. The third kappa shape index (κ3) is 2.65. The second kappa shape index (κ2) is 5.48. The molecule has 2 aromatic carbocycles. The van der Waals surface area contributed by atoms with Gasteiger partial charge in [-0.25, -0.2) is 0 Å². The first kappa shape index (κ1) is 12.3. The summed E-state index contributed by atoms with van der Waals surface area (Å²) in [6.07, 6.45) is 3.62. The van der Waals surface area contributed by atoms with Crippen LogP contribution in [0, 0.1) is 0 Å². The third-order valence-corrected chi connectivity index (χ3v) is 4.05. The summed E-state index contributed by atoms with van der Waals surface area (Å²) in [5.74, 6) is 0. The molecule has 3 rings (SSSR count). The molecule has 0 saturated heterocycles. The van der Waals surface area contributed by atoms with Gasteiger partial charge in [0.2, 0.25) is 0 Å². The predicted octanol–water partition coefficient (Wildman–Crippen LogP) is 4.07. The van der Waals surface area contributed by atoms with Gasteiger partial charge < -0.3 is 4.90 Å². The van der Waals surface area contributed by atoms with Crippen molar-refractivity contribution in [3.63, 3.8) is 0 Å². The van der Waals surface area contributed by atoms with E-state index in [-0.39, 0.29) is 0 Å². The number of rotatable bonds is 3. The van der Waals surface area contributed by atoms with Crippen LogP contribution in [0.1, 0.15) is 24.5 Å². The van der Waals surface area contributed by atoms with Crippen molar-refractivity contribution in [2.45, 2.75) is 32.2 Å². The van der Waals surface area contributed by atoms with E-state index in [1.165, 1.54) is 36.2 Å². The monoisotopic (exact) mass is 251 g/mol. The molecule has 1 unspecified atom stereocenters. The molecule has 19 heavy (non-hydrogen) atoms. The van der Waals surface area contributed by atoms with Gasteiger partial charge in [0.1, 0.15) is 0 Å². The maximum atomic E-state index is 2.58. The lowest BCUT2D eigenvalue weighted by molar-refractivity contribution is 0.590. The van der Waals surface area contributed by atoms with Crippen molar-refractivity contribution in [3.05, 3.63) is 65.7 Å². The van der Waals surface area contributed by atoms with Gasteiger partial charge in [0.25, 0.3) is 0 Å². The molecule has 0 spiro atoms. The van der Waals surface area contributed by atoms with E-state index >= 15 is 0 Å². The number of fused-ring (bicyclic) bond motifs is 1. The number of hydrogen-bond acceptors (Lipinski definition) is 1. The van der Waals surface area contributed by atoms with Crippen LogP contribution in [-0.4, -0.2) is 12.6 Å². The predicted molar refractivity (Wildman–Crippen MR) is 81.7 cm³/mol. The van der Waals surface area contributed by atoms with Gasteiger partial charge in [0, 0.05) is 18.3 Å². The van der Waals surface area contributed by atoms with Gasteiger partial charge in [-0.2, -0.15) is 0 Å². The van der Waals surface area contributed by atoms with E-state index in [1.807, 2.05) is 0 Å². The first-order chi connectivity index (χ1) is 9.34. The van der Waals surface area contributed by atoms with Crippen molar-refractivity contribution < 1.29 is 0 Å². The fourth-order valence-corrected chi connectivity index (χ4v) is 3.09. The van der Waals surface area contributed by atoms with Crippen molar-refractivity contribution in [3.8, 4) is 0 Å². The van der Waals surface area contributed by atoms with Crippen LogP contribution in [-0.2, 0) is 12.8 Å². The minimum atomic E-state index is 0.559. The molecule has 0 saturated carbocycles. The average Bonchev–Trinajstić information content (AvgIpc) is 2.47. The fraction of sp³-hybridized carbons (Fsp3) is 0.333. The number of aryl methyl sites for hydroxylation is 1. The molecule has 0 aromatic heterocycles. The highest BCUT2D eigenvalue weighted by atomic mass is 15.2. The van der Waals surface area contributed by atoms with Crippen LogP contribution in [0.3, 0.4) is 0 Å². The van der Waals surface area contributed by atoms with Crippen LogP contribution in [0.15, 0.2) is 54.6 Å². The molecule has 0 radical (unpaired) electrons. The van der Waals surface area contributed by atoms with Crippen molar-refractivity contribution in [2.75, 3.05) is 11.4 Å². The molecule has 1 atom stereocenters. The maximum Gasteiger partial charge on any atom is 0.0401 e. The Balaban J connectivity index is 1.80. The van der Waals surface area contributed by atoms with Crippen LogP contribution < -0.4 is 4.90 Å². The lowest BCUT2D eigenvalue weighted by Crippen LogP contribution is -2.38. The highest BCUT2D eigenvalue weighted by Gasteiger charge is 2.20. The Morgan fingerprint density at radius 2 is 1.74 bits per heavy atom. The second-order valence-electron chi connectivity index (χ2n) is 5.46. The minimum absolute atomic E-state index is 0.559. The molecule has 1 heteroatoms. The van der Waals surface area contributed by atoms with E-state index in [0.29, 0.717) is 6.04 Å². The van der Waals surface area contributed by atoms with Gasteiger partial charge in [0.05, 0.1) is 0 Å². The zero-order chi connectivity index (χ0) is 13.1. The maximum absolute atomic E-state index is 2.58. The van der Waals surface area contributed by atoms with Crippen molar-refractivity contribution in [1.82, 2.24) is 0 Å². The Hall–Kier alpha value is -1.76. The molecule has 2 aromatic rings. The van der Waals surface area contributed by atoms with Gasteiger partial charge in [-0.1, -0.05) is 48.5 Å². The molecule has 0 fully saturated rings. The average molecular weight is 251 g/mol. The van der Waals surface area contributed by atoms with E-state index in [2.05, 4.69) is 66.4 Å². The van der Waals surface area contributed by atoms with Gasteiger partial charge in [-0.3, -0.25) is 0 Å². The van der Waals surface area contributed by atoms with Crippen LogP contribution in [0.25, 0.3) is 0 Å². The first-order valence-electron chi connectivity index (χ1n) is 7.23. The fourth-order valence-electron chi connectivity index (χ4n) is 3.09. The Kier molecular flexibility index (Phi) is 3.54. The zero-order valence-electron chi connectivity index (χ0n) is 11.5. The summed E-state index contributed by atoms with van der Waals surface area (Å²) in [5.41, 5.74) is 4.38. The second-order valence-corrected chi connectivity index (χ2v) is 5.46. The molecule has 0 bridgehead atoms. The lowest BCUT2D eigenvalue weighted by atomic mass is 9.98. The van der Waals surface area contributed by atoms with Crippen LogP contribution >= 0.6 is 0 Å². The summed E-state index contributed by atoms with van der Waals surface area (Å²) in [4.78, 5) is 2.58. The number of anilines is 1. The van der Waals surface area contributed by atoms with E-state index < -0.39 is 0 Å². The quantitative estimate of drug-likeness (QED) is 0.795. The number of hydrogen-bond donors (Lipinski definition) is 0. The highest BCUT2D eigenvalue weighted by molar-refractivity contribution is 5.56. The van der Waals surface area contributed by atoms with Gasteiger partial charge in [-0.05, 0) is 43.4 Å². The Labute approximate surface area is 115 Å². The molecular formula is C18H21N. The normalized spacial score (nSPS) is 15.9. The first-order valence-corrected chi connectivity index (χ1v) is 7.23. The van der Waals surface area contributed by atoms with Gasteiger partial charge in [0.15, 0.2) is 0 Å². The molecule has 0 amide bonds.